The molecule has 1 aromatic carbocycles. The van der Waals surface area contributed by atoms with Crippen molar-refractivity contribution in [3.63, 3.8) is 0 Å². The van der Waals surface area contributed by atoms with Crippen LogP contribution in [0.3, 0.4) is 0 Å². The largest absolute Gasteiger partial charge is 0.346 e. The van der Waals surface area contributed by atoms with Crippen LogP contribution >= 0.6 is 0 Å². The third-order valence-electron chi connectivity index (χ3n) is 4.47. The van der Waals surface area contributed by atoms with E-state index in [1.54, 1.807) is 24.3 Å². The number of nitrogens with zero attached hydrogens (tertiary/aromatic N) is 2. The molecule has 3 amide bonds. The van der Waals surface area contributed by atoms with Gasteiger partial charge in [-0.1, -0.05) is 6.07 Å². The van der Waals surface area contributed by atoms with Crippen LogP contribution in [0, 0.1) is 0 Å². The molecule has 1 aromatic heterocycles. The fourth-order valence-electron chi connectivity index (χ4n) is 3.36. The Morgan fingerprint density at radius 2 is 1.72 bits per heavy atom. The normalized spacial score (nSPS) is 13.4. The van der Waals surface area contributed by atoms with Crippen molar-refractivity contribution in [1.29, 1.82) is 0 Å². The highest BCUT2D eigenvalue weighted by atomic mass is 16.2. The van der Waals surface area contributed by atoms with Gasteiger partial charge in [-0.2, -0.15) is 0 Å². The Morgan fingerprint density at radius 1 is 1.03 bits per heavy atom. The molecule has 0 saturated carbocycles. The van der Waals surface area contributed by atoms with Gasteiger partial charge in [0, 0.05) is 30.4 Å². The van der Waals surface area contributed by atoms with Gasteiger partial charge in [0.25, 0.3) is 11.8 Å². The third-order valence-corrected chi connectivity index (χ3v) is 4.47. The minimum atomic E-state index is -0.394. The number of amides is 3. The van der Waals surface area contributed by atoms with E-state index in [0.29, 0.717) is 30.0 Å². The molecule has 29 heavy (non-hydrogen) atoms. The van der Waals surface area contributed by atoms with Crippen molar-refractivity contribution in [1.82, 2.24) is 14.9 Å². The van der Waals surface area contributed by atoms with Gasteiger partial charge in [0.15, 0.2) is 5.82 Å². The second-order valence-corrected chi connectivity index (χ2v) is 8.26. The summed E-state index contributed by atoms with van der Waals surface area (Å²) in [4.78, 5) is 41.3. The molecule has 0 atom stereocenters. The summed E-state index contributed by atoms with van der Waals surface area (Å²) in [6.07, 6.45) is 2.61. The summed E-state index contributed by atoms with van der Waals surface area (Å²) >= 11 is 0. The van der Waals surface area contributed by atoms with Crippen molar-refractivity contribution in [3.8, 4) is 0 Å². The van der Waals surface area contributed by atoms with Crippen molar-refractivity contribution in [2.75, 3.05) is 10.6 Å². The van der Waals surface area contributed by atoms with Crippen LogP contribution in [0.2, 0.25) is 0 Å². The molecule has 2 aromatic rings. The molecule has 0 bridgehead atoms. The Labute approximate surface area is 170 Å². The van der Waals surface area contributed by atoms with Gasteiger partial charge < -0.3 is 20.5 Å². The summed E-state index contributed by atoms with van der Waals surface area (Å²) in [5.41, 5.74) is 1.85. The quantitative estimate of drug-likeness (QED) is 0.737. The number of benzene rings is 1. The van der Waals surface area contributed by atoms with Crippen LogP contribution in [0.25, 0.3) is 0 Å². The molecule has 0 fully saturated rings. The lowest BCUT2D eigenvalue weighted by molar-refractivity contribution is -0.114. The molecule has 3 rings (SSSR count). The number of fused-ring (bicyclic) bond motifs is 1. The van der Waals surface area contributed by atoms with E-state index in [0.717, 1.165) is 18.5 Å². The summed E-state index contributed by atoms with van der Waals surface area (Å²) in [5.74, 6) is -0.619. The second kappa shape index (κ2) is 8.06. The van der Waals surface area contributed by atoms with Crippen LogP contribution in [0.5, 0.6) is 0 Å². The van der Waals surface area contributed by atoms with Gasteiger partial charge in [-0.15, -0.1) is 0 Å². The minimum absolute atomic E-state index is 0.190. The van der Waals surface area contributed by atoms with Crippen LogP contribution in [0.1, 0.15) is 67.3 Å². The average Bonchev–Trinajstić information content (AvgIpc) is 3.00. The van der Waals surface area contributed by atoms with Gasteiger partial charge in [0.2, 0.25) is 5.91 Å². The van der Waals surface area contributed by atoms with Crippen LogP contribution < -0.4 is 16.0 Å². The Bertz CT molecular complexity index is 956. The lowest BCUT2D eigenvalue weighted by Crippen LogP contribution is -2.41. The first-order chi connectivity index (χ1) is 13.6. The maximum atomic E-state index is 12.9. The third kappa shape index (κ3) is 5.01. The first-order valence-corrected chi connectivity index (χ1v) is 9.75. The van der Waals surface area contributed by atoms with Crippen molar-refractivity contribution < 1.29 is 14.4 Å². The highest BCUT2D eigenvalue weighted by Crippen LogP contribution is 2.23. The molecule has 0 unspecified atom stereocenters. The number of nitrogens with one attached hydrogen (secondary N) is 3. The number of hydrogen-bond acceptors (Lipinski definition) is 4. The summed E-state index contributed by atoms with van der Waals surface area (Å²) in [5, 5.41) is 8.43. The van der Waals surface area contributed by atoms with Gasteiger partial charge in [-0.05, 0) is 58.2 Å². The van der Waals surface area contributed by atoms with E-state index in [2.05, 4.69) is 20.9 Å². The first-order valence-electron chi connectivity index (χ1n) is 9.75. The molecule has 8 nitrogen and oxygen atoms in total. The predicted molar refractivity (Wildman–Crippen MR) is 111 cm³/mol. The molecule has 0 spiro atoms. The fraction of sp³-hybridized carbons (Fsp3) is 0.429. The highest BCUT2D eigenvalue weighted by Gasteiger charge is 2.29. The van der Waals surface area contributed by atoms with Crippen LogP contribution in [-0.2, 0) is 17.8 Å². The van der Waals surface area contributed by atoms with Crippen LogP contribution in [0.15, 0.2) is 24.3 Å². The van der Waals surface area contributed by atoms with Crippen molar-refractivity contribution in [3.05, 3.63) is 41.5 Å². The summed E-state index contributed by atoms with van der Waals surface area (Å²) in [6.45, 7) is 7.79. The van der Waals surface area contributed by atoms with Crippen molar-refractivity contribution in [2.45, 2.75) is 59.0 Å². The Hall–Kier alpha value is -3.16. The van der Waals surface area contributed by atoms with E-state index in [9.17, 15) is 14.4 Å². The minimum Gasteiger partial charge on any atom is -0.346 e. The van der Waals surface area contributed by atoms with Crippen LogP contribution in [0.4, 0.5) is 11.4 Å². The number of hydrogen-bond donors (Lipinski definition) is 3. The molecule has 0 aliphatic carbocycles. The monoisotopic (exact) mass is 397 g/mol. The van der Waals surface area contributed by atoms with E-state index < -0.39 is 5.54 Å². The summed E-state index contributed by atoms with van der Waals surface area (Å²) in [6, 6.07) is 6.89. The molecule has 2 heterocycles. The van der Waals surface area contributed by atoms with E-state index in [4.69, 9.17) is 0 Å². The topological polar surface area (TPSA) is 105 Å². The Kier molecular flexibility index (Phi) is 5.72. The summed E-state index contributed by atoms with van der Waals surface area (Å²) in [7, 11) is 0. The lowest BCUT2D eigenvalue weighted by Gasteiger charge is -2.21. The van der Waals surface area contributed by atoms with Gasteiger partial charge in [0.1, 0.15) is 5.69 Å². The van der Waals surface area contributed by atoms with Gasteiger partial charge >= 0.3 is 0 Å². The summed E-state index contributed by atoms with van der Waals surface area (Å²) < 4.78 is 1.84. The van der Waals surface area contributed by atoms with E-state index in [-0.39, 0.29) is 23.5 Å². The number of carbonyl (C=O) groups is 3. The zero-order valence-corrected chi connectivity index (χ0v) is 17.3. The molecular formula is C21H27N5O3. The first kappa shape index (κ1) is 20.6. The van der Waals surface area contributed by atoms with E-state index in [1.165, 1.54) is 6.92 Å². The maximum Gasteiger partial charge on any atom is 0.291 e. The zero-order chi connectivity index (χ0) is 21.2. The number of imidazole rings is 1. The van der Waals surface area contributed by atoms with E-state index >= 15 is 0 Å². The smallest absolute Gasteiger partial charge is 0.291 e. The second-order valence-electron chi connectivity index (χ2n) is 8.26. The number of aromatic nitrogens is 2. The highest BCUT2D eigenvalue weighted by molar-refractivity contribution is 6.04. The average molecular weight is 397 g/mol. The fourth-order valence-corrected chi connectivity index (χ4v) is 3.36. The number of carbonyl (C=O) groups excluding carboxylic acids is 3. The SMILES string of the molecule is CC(=O)Nc1cccc(NC(=O)c2nc(C(=O)NC(C)(C)C)c3n2CCCC3)c1. The predicted octanol–water partition coefficient (Wildman–Crippen LogP) is 2.96. The molecule has 154 valence electrons. The Morgan fingerprint density at radius 3 is 2.38 bits per heavy atom. The lowest BCUT2D eigenvalue weighted by atomic mass is 10.1. The number of rotatable bonds is 4. The molecule has 1 aliphatic rings. The molecular weight excluding hydrogens is 370 g/mol. The van der Waals surface area contributed by atoms with Crippen molar-refractivity contribution in [2.24, 2.45) is 0 Å². The molecule has 1 aliphatic heterocycles. The Balaban J connectivity index is 1.87. The molecule has 0 saturated heterocycles. The maximum absolute atomic E-state index is 12.9. The van der Waals surface area contributed by atoms with Crippen LogP contribution in [-0.4, -0.2) is 32.8 Å². The zero-order valence-electron chi connectivity index (χ0n) is 17.3. The molecule has 0 radical (unpaired) electrons. The van der Waals surface area contributed by atoms with Gasteiger partial charge in [0.05, 0.1) is 5.69 Å². The van der Waals surface area contributed by atoms with Gasteiger partial charge in [-0.25, -0.2) is 4.98 Å². The number of anilines is 2. The van der Waals surface area contributed by atoms with Gasteiger partial charge in [-0.3, -0.25) is 14.4 Å². The van der Waals surface area contributed by atoms with Crippen molar-refractivity contribution >= 4 is 29.1 Å². The standard InChI is InChI=1S/C21H27N5O3/c1-13(27)22-14-8-7-9-15(12-14)23-20(29)18-24-17(19(28)25-21(2,3)4)16-10-5-6-11-26(16)18/h7-9,12H,5-6,10-11H2,1-4H3,(H,22,27)(H,23,29)(H,25,28). The molecule has 8 heteroatoms. The van der Waals surface area contributed by atoms with E-state index in [1.807, 2.05) is 25.3 Å². The molecule has 3 N–H and O–H groups in total.